The van der Waals surface area contributed by atoms with Gasteiger partial charge in [0.25, 0.3) is 0 Å². The Morgan fingerprint density at radius 2 is 1.58 bits per heavy atom. The molecule has 0 aliphatic heterocycles. The lowest BCUT2D eigenvalue weighted by Gasteiger charge is -2.11. The van der Waals surface area contributed by atoms with Crippen LogP contribution in [0.2, 0.25) is 5.02 Å². The summed E-state index contributed by atoms with van der Waals surface area (Å²) in [7, 11) is 0. The van der Waals surface area contributed by atoms with E-state index in [-0.39, 0.29) is 0 Å². The van der Waals surface area contributed by atoms with Gasteiger partial charge in [0.15, 0.2) is 11.0 Å². The van der Waals surface area contributed by atoms with Crippen molar-refractivity contribution in [2.24, 2.45) is 0 Å². The molecule has 5 nitrogen and oxygen atoms in total. The largest absolute Gasteiger partial charge is 0.441 e. The third kappa shape index (κ3) is 4.72. The number of hydrogen-bond donors (Lipinski definition) is 0. The monoisotopic (exact) mass is 472 g/mol. The zero-order valence-corrected chi connectivity index (χ0v) is 19.6. The summed E-state index contributed by atoms with van der Waals surface area (Å²) in [6, 6.07) is 27.9. The van der Waals surface area contributed by atoms with Gasteiger partial charge in [0.1, 0.15) is 5.76 Å². The molecule has 5 aromatic rings. The van der Waals surface area contributed by atoms with Gasteiger partial charge in [-0.15, -0.1) is 10.2 Å². The lowest BCUT2D eigenvalue weighted by molar-refractivity contribution is 0.540. The maximum atomic E-state index is 6.49. The second kappa shape index (κ2) is 9.65. The molecule has 2 heterocycles. The molecule has 0 unspecified atom stereocenters. The van der Waals surface area contributed by atoms with E-state index in [0.29, 0.717) is 23.2 Å². The van der Waals surface area contributed by atoms with Crippen molar-refractivity contribution in [1.82, 2.24) is 19.7 Å². The van der Waals surface area contributed by atoms with Gasteiger partial charge in [0.2, 0.25) is 5.89 Å². The van der Waals surface area contributed by atoms with Gasteiger partial charge in [-0.05, 0) is 36.8 Å². The highest BCUT2D eigenvalue weighted by Gasteiger charge is 2.19. The Bertz CT molecular complexity index is 1370. The fraction of sp³-hybridized carbons (Fsp3) is 0.115. The van der Waals surface area contributed by atoms with Crippen molar-refractivity contribution in [3.63, 3.8) is 0 Å². The molecule has 0 fully saturated rings. The average molecular weight is 473 g/mol. The van der Waals surface area contributed by atoms with E-state index in [4.69, 9.17) is 21.0 Å². The molecule has 33 heavy (non-hydrogen) atoms. The van der Waals surface area contributed by atoms with Gasteiger partial charge in [-0.2, -0.15) is 0 Å². The highest BCUT2D eigenvalue weighted by Crippen LogP contribution is 2.32. The predicted molar refractivity (Wildman–Crippen MR) is 132 cm³/mol. The van der Waals surface area contributed by atoms with Crippen LogP contribution in [0.1, 0.15) is 17.0 Å². The molecular formula is C26H21ClN4OS. The van der Waals surface area contributed by atoms with Crippen LogP contribution in [-0.2, 0) is 12.3 Å². The van der Waals surface area contributed by atoms with Crippen LogP contribution < -0.4 is 0 Å². The number of oxazole rings is 1. The van der Waals surface area contributed by atoms with Crippen molar-refractivity contribution in [2.45, 2.75) is 24.4 Å². The molecule has 0 atom stereocenters. The van der Waals surface area contributed by atoms with Gasteiger partial charge in [-0.1, -0.05) is 84.0 Å². The first kappa shape index (κ1) is 21.5. The van der Waals surface area contributed by atoms with Crippen LogP contribution in [0.15, 0.2) is 94.5 Å². The minimum Gasteiger partial charge on any atom is -0.441 e. The summed E-state index contributed by atoms with van der Waals surface area (Å²) < 4.78 is 8.03. The van der Waals surface area contributed by atoms with Crippen molar-refractivity contribution in [3.8, 4) is 22.8 Å². The fourth-order valence-corrected chi connectivity index (χ4v) is 4.70. The first-order valence-electron chi connectivity index (χ1n) is 10.6. The average Bonchev–Trinajstić information content (AvgIpc) is 3.42. The lowest BCUT2D eigenvalue weighted by atomic mass is 10.2. The van der Waals surface area contributed by atoms with Gasteiger partial charge in [0, 0.05) is 16.9 Å². The number of benzene rings is 3. The number of nitrogens with zero attached hydrogens (tertiary/aromatic N) is 4. The van der Waals surface area contributed by atoms with Crippen molar-refractivity contribution < 1.29 is 4.42 Å². The van der Waals surface area contributed by atoms with Gasteiger partial charge >= 0.3 is 0 Å². The summed E-state index contributed by atoms with van der Waals surface area (Å²) >= 11 is 8.07. The van der Waals surface area contributed by atoms with Crippen molar-refractivity contribution in [1.29, 1.82) is 0 Å². The molecule has 0 saturated carbocycles. The zero-order chi connectivity index (χ0) is 22.6. The number of hydrogen-bond acceptors (Lipinski definition) is 5. The Hall–Kier alpha value is -3.35. The first-order valence-corrected chi connectivity index (χ1v) is 11.9. The van der Waals surface area contributed by atoms with Crippen molar-refractivity contribution in [2.75, 3.05) is 0 Å². The fourth-order valence-electron chi connectivity index (χ4n) is 3.54. The Kier molecular flexibility index (Phi) is 6.28. The van der Waals surface area contributed by atoms with E-state index < -0.39 is 0 Å². The van der Waals surface area contributed by atoms with Crippen LogP contribution in [0.4, 0.5) is 0 Å². The molecule has 0 aliphatic carbocycles. The molecule has 2 aromatic heterocycles. The van der Waals surface area contributed by atoms with E-state index in [1.165, 1.54) is 0 Å². The summed E-state index contributed by atoms with van der Waals surface area (Å²) in [5.74, 6) is 2.80. The molecule has 5 rings (SSSR count). The topological polar surface area (TPSA) is 56.7 Å². The van der Waals surface area contributed by atoms with Gasteiger partial charge in [-0.3, -0.25) is 4.57 Å². The van der Waals surface area contributed by atoms with Crippen LogP contribution >= 0.6 is 23.4 Å². The maximum absolute atomic E-state index is 6.49. The molecule has 0 spiro atoms. The highest BCUT2D eigenvalue weighted by molar-refractivity contribution is 7.98. The van der Waals surface area contributed by atoms with E-state index in [1.54, 1.807) is 11.8 Å². The standard InChI is InChI=1S/C26H21ClN4OS/c1-18-23(28-25(32-18)20-12-6-3-7-13-20)17-33-26-30-29-24(21-14-8-9-15-22(21)27)31(26)16-19-10-4-2-5-11-19/h2-15H,16-17H2,1H3. The Morgan fingerprint density at radius 1 is 0.879 bits per heavy atom. The summed E-state index contributed by atoms with van der Waals surface area (Å²) in [5.41, 5.74) is 3.88. The second-order valence-electron chi connectivity index (χ2n) is 7.53. The molecule has 0 N–H and O–H groups in total. The van der Waals surface area contributed by atoms with Crippen LogP contribution in [0.25, 0.3) is 22.8 Å². The summed E-state index contributed by atoms with van der Waals surface area (Å²) in [6.07, 6.45) is 0. The number of aryl methyl sites for hydroxylation is 1. The minimum atomic E-state index is 0.623. The smallest absolute Gasteiger partial charge is 0.226 e. The number of aromatic nitrogens is 4. The molecule has 0 amide bonds. The van der Waals surface area contributed by atoms with Crippen LogP contribution in [0.5, 0.6) is 0 Å². The van der Waals surface area contributed by atoms with Crippen LogP contribution in [-0.4, -0.2) is 19.7 Å². The van der Waals surface area contributed by atoms with Crippen LogP contribution in [0, 0.1) is 6.92 Å². The Balaban J connectivity index is 1.45. The highest BCUT2D eigenvalue weighted by atomic mass is 35.5. The number of rotatable bonds is 7. The molecule has 3 aromatic carbocycles. The second-order valence-corrected chi connectivity index (χ2v) is 8.88. The molecule has 0 bridgehead atoms. The predicted octanol–water partition coefficient (Wildman–Crippen LogP) is 6.90. The number of halogens is 1. The van der Waals surface area contributed by atoms with Gasteiger partial charge in [-0.25, -0.2) is 4.98 Å². The quantitative estimate of drug-likeness (QED) is 0.241. The molecule has 7 heteroatoms. The third-order valence-corrected chi connectivity index (χ3v) is 6.57. The molecule has 0 saturated heterocycles. The maximum Gasteiger partial charge on any atom is 0.226 e. The summed E-state index contributed by atoms with van der Waals surface area (Å²) in [4.78, 5) is 4.72. The lowest BCUT2D eigenvalue weighted by Crippen LogP contribution is -2.04. The van der Waals surface area contributed by atoms with Gasteiger partial charge < -0.3 is 4.42 Å². The summed E-state index contributed by atoms with van der Waals surface area (Å²) in [6.45, 7) is 2.59. The van der Waals surface area contributed by atoms with Crippen molar-refractivity contribution >= 4 is 23.4 Å². The first-order chi connectivity index (χ1) is 16.2. The summed E-state index contributed by atoms with van der Waals surface area (Å²) in [5, 5.41) is 10.4. The van der Waals surface area contributed by atoms with Crippen molar-refractivity contribution in [3.05, 3.63) is 107 Å². The van der Waals surface area contributed by atoms with E-state index in [1.807, 2.05) is 79.7 Å². The number of thioether (sulfide) groups is 1. The normalized spacial score (nSPS) is 11.1. The molecule has 164 valence electrons. The minimum absolute atomic E-state index is 0.623. The Morgan fingerprint density at radius 3 is 2.33 bits per heavy atom. The van der Waals surface area contributed by atoms with E-state index in [2.05, 4.69) is 26.9 Å². The zero-order valence-electron chi connectivity index (χ0n) is 18.0. The van der Waals surface area contributed by atoms with E-state index in [9.17, 15) is 0 Å². The molecular weight excluding hydrogens is 452 g/mol. The van der Waals surface area contributed by atoms with E-state index in [0.717, 1.165) is 39.1 Å². The SMILES string of the molecule is Cc1oc(-c2ccccc2)nc1CSc1nnc(-c2ccccc2Cl)n1Cc1ccccc1. The van der Waals surface area contributed by atoms with Crippen LogP contribution in [0.3, 0.4) is 0 Å². The molecule has 0 radical (unpaired) electrons. The third-order valence-electron chi connectivity index (χ3n) is 5.27. The van der Waals surface area contributed by atoms with Gasteiger partial charge in [0.05, 0.1) is 17.3 Å². The van der Waals surface area contributed by atoms with E-state index >= 15 is 0 Å². The molecule has 0 aliphatic rings. The Labute approximate surface area is 201 Å².